The summed E-state index contributed by atoms with van der Waals surface area (Å²) < 4.78 is 5.66. The predicted octanol–water partition coefficient (Wildman–Crippen LogP) is 2.52. The van der Waals surface area contributed by atoms with Gasteiger partial charge in [-0.25, -0.2) is 9.98 Å². The number of aromatic nitrogens is 2. The summed E-state index contributed by atoms with van der Waals surface area (Å²) in [4.78, 5) is 13.3. The summed E-state index contributed by atoms with van der Waals surface area (Å²) in [5, 5.41) is 6.53. The highest BCUT2D eigenvalue weighted by Crippen LogP contribution is 2.29. The van der Waals surface area contributed by atoms with E-state index in [4.69, 9.17) is 4.74 Å². The fourth-order valence-corrected chi connectivity index (χ4v) is 2.27. The quantitative estimate of drug-likeness (QED) is 0.571. The van der Waals surface area contributed by atoms with Crippen molar-refractivity contribution in [3.05, 3.63) is 54.0 Å². The Labute approximate surface area is 148 Å². The van der Waals surface area contributed by atoms with Gasteiger partial charge in [-0.1, -0.05) is 12.1 Å². The Morgan fingerprint density at radius 2 is 2.12 bits per heavy atom. The zero-order valence-corrected chi connectivity index (χ0v) is 14.6. The third-order valence-corrected chi connectivity index (χ3v) is 3.89. The molecule has 0 spiro atoms. The molecule has 6 nitrogen and oxygen atoms in total. The molecule has 2 aromatic heterocycles. The molecule has 2 heterocycles. The molecular weight excluding hydrogens is 314 g/mol. The molecule has 0 amide bonds. The summed E-state index contributed by atoms with van der Waals surface area (Å²) in [6, 6.07) is 9.81. The predicted molar refractivity (Wildman–Crippen MR) is 98.3 cm³/mol. The van der Waals surface area contributed by atoms with Crippen molar-refractivity contribution in [2.75, 3.05) is 13.2 Å². The van der Waals surface area contributed by atoms with Crippen molar-refractivity contribution in [1.29, 1.82) is 0 Å². The minimum atomic E-state index is 0.563. The first-order valence-corrected chi connectivity index (χ1v) is 8.83. The molecule has 0 aromatic carbocycles. The van der Waals surface area contributed by atoms with Crippen molar-refractivity contribution in [2.45, 2.75) is 32.9 Å². The highest BCUT2D eigenvalue weighted by Gasteiger charge is 2.21. The van der Waals surface area contributed by atoms with Gasteiger partial charge in [-0.15, -0.1) is 0 Å². The number of nitrogens with one attached hydrogen (secondary N) is 2. The van der Waals surface area contributed by atoms with Crippen molar-refractivity contribution < 1.29 is 4.74 Å². The summed E-state index contributed by atoms with van der Waals surface area (Å²) in [7, 11) is 0. The Morgan fingerprint density at radius 1 is 1.20 bits per heavy atom. The van der Waals surface area contributed by atoms with Crippen LogP contribution in [-0.2, 0) is 13.1 Å². The highest BCUT2D eigenvalue weighted by atomic mass is 16.5. The molecule has 0 bridgehead atoms. The average Bonchev–Trinajstić information content (AvgIpc) is 3.48. The summed E-state index contributed by atoms with van der Waals surface area (Å²) in [6.45, 7) is 4.84. The van der Waals surface area contributed by atoms with E-state index in [0.29, 0.717) is 19.0 Å². The van der Waals surface area contributed by atoms with E-state index in [-0.39, 0.29) is 0 Å². The number of guanidine groups is 1. The van der Waals surface area contributed by atoms with Crippen LogP contribution in [0.3, 0.4) is 0 Å². The minimum Gasteiger partial charge on any atom is -0.477 e. The van der Waals surface area contributed by atoms with Crippen LogP contribution in [0.25, 0.3) is 0 Å². The first kappa shape index (κ1) is 17.2. The first-order valence-electron chi connectivity index (χ1n) is 8.83. The molecule has 1 aliphatic rings. The van der Waals surface area contributed by atoms with Gasteiger partial charge in [0, 0.05) is 25.0 Å². The van der Waals surface area contributed by atoms with Crippen LogP contribution in [0.2, 0.25) is 0 Å². The van der Waals surface area contributed by atoms with Crippen LogP contribution in [-0.4, -0.2) is 29.1 Å². The SMILES string of the molecule is CCNC(=NCc1ccc(OCC2CC2)nc1)NCc1ccccn1. The van der Waals surface area contributed by atoms with E-state index in [1.165, 1.54) is 12.8 Å². The molecule has 1 saturated carbocycles. The van der Waals surface area contributed by atoms with Crippen LogP contribution >= 0.6 is 0 Å². The van der Waals surface area contributed by atoms with E-state index in [0.717, 1.165) is 36.3 Å². The topological polar surface area (TPSA) is 71.4 Å². The van der Waals surface area contributed by atoms with Crippen molar-refractivity contribution in [3.8, 4) is 5.88 Å². The normalized spacial score (nSPS) is 14.2. The molecule has 1 fully saturated rings. The van der Waals surface area contributed by atoms with Gasteiger partial charge >= 0.3 is 0 Å². The molecule has 3 rings (SSSR count). The van der Waals surface area contributed by atoms with E-state index >= 15 is 0 Å². The number of nitrogens with zero attached hydrogens (tertiary/aromatic N) is 3. The Morgan fingerprint density at radius 3 is 2.80 bits per heavy atom. The molecular formula is C19H25N5O. The van der Waals surface area contributed by atoms with Crippen LogP contribution in [0.1, 0.15) is 31.0 Å². The molecule has 132 valence electrons. The van der Waals surface area contributed by atoms with Gasteiger partial charge in [0.15, 0.2) is 5.96 Å². The summed E-state index contributed by atoms with van der Waals surface area (Å²) >= 11 is 0. The number of ether oxygens (including phenoxy) is 1. The molecule has 0 radical (unpaired) electrons. The lowest BCUT2D eigenvalue weighted by molar-refractivity contribution is 0.288. The first-order chi connectivity index (χ1) is 12.3. The summed E-state index contributed by atoms with van der Waals surface area (Å²) in [5.74, 6) is 2.20. The molecule has 2 N–H and O–H groups in total. The van der Waals surface area contributed by atoms with Crippen LogP contribution in [0.4, 0.5) is 0 Å². The van der Waals surface area contributed by atoms with Gasteiger partial charge in [-0.05, 0) is 43.4 Å². The Hall–Kier alpha value is -2.63. The second-order valence-electron chi connectivity index (χ2n) is 6.13. The van der Waals surface area contributed by atoms with Crippen LogP contribution < -0.4 is 15.4 Å². The number of aliphatic imine (C=N–C) groups is 1. The molecule has 25 heavy (non-hydrogen) atoms. The van der Waals surface area contributed by atoms with Crippen LogP contribution in [0.15, 0.2) is 47.7 Å². The van der Waals surface area contributed by atoms with Gasteiger partial charge in [0.25, 0.3) is 0 Å². The Bertz CT molecular complexity index is 668. The molecule has 6 heteroatoms. The smallest absolute Gasteiger partial charge is 0.213 e. The second kappa shape index (κ2) is 9.01. The van der Waals surface area contributed by atoms with Crippen molar-refractivity contribution in [1.82, 2.24) is 20.6 Å². The maximum absolute atomic E-state index is 5.66. The lowest BCUT2D eigenvalue weighted by Crippen LogP contribution is -2.37. The van der Waals surface area contributed by atoms with E-state index in [1.807, 2.05) is 43.5 Å². The lowest BCUT2D eigenvalue weighted by atomic mass is 10.3. The molecule has 0 atom stereocenters. The van der Waals surface area contributed by atoms with Gasteiger partial charge in [0.1, 0.15) is 0 Å². The number of hydrogen-bond acceptors (Lipinski definition) is 4. The zero-order valence-electron chi connectivity index (χ0n) is 14.6. The van der Waals surface area contributed by atoms with E-state index in [9.17, 15) is 0 Å². The maximum atomic E-state index is 5.66. The van der Waals surface area contributed by atoms with E-state index in [2.05, 4.69) is 25.6 Å². The molecule has 1 aliphatic carbocycles. The Kier molecular flexibility index (Phi) is 6.20. The van der Waals surface area contributed by atoms with Gasteiger partial charge in [0.05, 0.1) is 25.4 Å². The van der Waals surface area contributed by atoms with Crippen molar-refractivity contribution >= 4 is 5.96 Å². The minimum absolute atomic E-state index is 0.563. The van der Waals surface area contributed by atoms with Gasteiger partial charge in [-0.3, -0.25) is 4.98 Å². The standard InChI is InChI=1S/C19H25N5O/c1-2-20-19(24-13-17-5-3-4-10-21-17)23-12-16-8-9-18(22-11-16)25-14-15-6-7-15/h3-5,8-11,15H,2,6-7,12-14H2,1H3,(H2,20,23,24). The maximum Gasteiger partial charge on any atom is 0.213 e. The summed E-state index contributed by atoms with van der Waals surface area (Å²) in [6.07, 6.45) is 6.19. The number of hydrogen-bond donors (Lipinski definition) is 2. The monoisotopic (exact) mass is 339 g/mol. The van der Waals surface area contributed by atoms with Crippen molar-refractivity contribution in [2.24, 2.45) is 10.9 Å². The zero-order chi connectivity index (χ0) is 17.3. The van der Waals surface area contributed by atoms with Gasteiger partial charge in [-0.2, -0.15) is 0 Å². The third-order valence-electron chi connectivity index (χ3n) is 3.89. The van der Waals surface area contributed by atoms with Crippen LogP contribution in [0.5, 0.6) is 5.88 Å². The lowest BCUT2D eigenvalue weighted by Gasteiger charge is -2.11. The van der Waals surface area contributed by atoms with E-state index < -0.39 is 0 Å². The largest absolute Gasteiger partial charge is 0.477 e. The Balaban J connectivity index is 1.51. The van der Waals surface area contributed by atoms with Gasteiger partial charge < -0.3 is 15.4 Å². The van der Waals surface area contributed by atoms with Crippen molar-refractivity contribution in [3.63, 3.8) is 0 Å². The second-order valence-corrected chi connectivity index (χ2v) is 6.13. The number of rotatable bonds is 8. The highest BCUT2D eigenvalue weighted by molar-refractivity contribution is 5.79. The van der Waals surface area contributed by atoms with Gasteiger partial charge in [0.2, 0.25) is 5.88 Å². The molecule has 0 aliphatic heterocycles. The molecule has 0 saturated heterocycles. The molecule has 0 unspecified atom stereocenters. The molecule has 2 aromatic rings. The van der Waals surface area contributed by atoms with Crippen LogP contribution in [0, 0.1) is 5.92 Å². The van der Waals surface area contributed by atoms with E-state index in [1.54, 1.807) is 6.20 Å². The fourth-order valence-electron chi connectivity index (χ4n) is 2.27. The average molecular weight is 339 g/mol. The summed E-state index contributed by atoms with van der Waals surface area (Å²) in [5.41, 5.74) is 2.03. The third kappa shape index (κ3) is 6.06. The number of pyridine rings is 2. The fraction of sp³-hybridized carbons (Fsp3) is 0.421.